The molecule has 1 aromatic rings. The second-order valence-electron chi connectivity index (χ2n) is 13.5. The van der Waals surface area contributed by atoms with Gasteiger partial charge in [-0.25, -0.2) is 13.6 Å². The minimum Gasteiger partial charge on any atom is -0.463 e. The molecule has 308 valence electrons. The molecule has 55 heavy (non-hydrogen) atoms. The fourth-order valence-electron chi connectivity index (χ4n) is 6.52. The smallest absolute Gasteiger partial charge is 0.407 e. The number of halogens is 2. The maximum absolute atomic E-state index is 16.6. The van der Waals surface area contributed by atoms with Gasteiger partial charge in [0, 0.05) is 52.7 Å². The molecule has 2 aliphatic heterocycles. The Morgan fingerprint density at radius 3 is 1.91 bits per heavy atom. The number of carbonyl (C=O) groups is 5. The molecular formula is C34H49F2N5O14. The van der Waals surface area contributed by atoms with Gasteiger partial charge in [0.15, 0.2) is 24.8 Å². The number of nitrogens with one attached hydrogen (secondary N) is 1. The van der Waals surface area contributed by atoms with Gasteiger partial charge in [0.05, 0.1) is 18.2 Å². The molecule has 1 saturated carbocycles. The molecule has 0 aromatic heterocycles. The van der Waals surface area contributed by atoms with Crippen molar-refractivity contribution in [2.75, 3.05) is 13.2 Å². The molecule has 13 unspecified atom stereocenters. The van der Waals surface area contributed by atoms with Crippen molar-refractivity contribution in [2.24, 2.45) is 22.9 Å². The van der Waals surface area contributed by atoms with Crippen molar-refractivity contribution in [1.29, 1.82) is 0 Å². The van der Waals surface area contributed by atoms with Gasteiger partial charge in [-0.1, -0.05) is 30.3 Å². The van der Waals surface area contributed by atoms with Gasteiger partial charge in [0.1, 0.15) is 37.6 Å². The number of esters is 4. The molecule has 2 saturated heterocycles. The Bertz CT molecular complexity index is 1490. The lowest BCUT2D eigenvalue weighted by Crippen LogP contribution is -2.71. The van der Waals surface area contributed by atoms with Crippen LogP contribution in [-0.4, -0.2) is 129 Å². The van der Waals surface area contributed by atoms with Gasteiger partial charge in [-0.05, 0) is 12.0 Å². The predicted molar refractivity (Wildman–Crippen MR) is 181 cm³/mol. The molecular weight excluding hydrogens is 740 g/mol. The molecule has 4 rings (SSSR count). The van der Waals surface area contributed by atoms with Crippen LogP contribution in [0, 0.1) is 0 Å². The van der Waals surface area contributed by atoms with E-state index in [-0.39, 0.29) is 26.0 Å². The lowest BCUT2D eigenvalue weighted by atomic mass is 9.83. The van der Waals surface area contributed by atoms with Crippen LogP contribution in [0.15, 0.2) is 30.3 Å². The van der Waals surface area contributed by atoms with Crippen LogP contribution >= 0.6 is 0 Å². The lowest BCUT2D eigenvalue weighted by Gasteiger charge is -2.49. The summed E-state index contributed by atoms with van der Waals surface area (Å²) in [6, 6.07) is 3.28. The van der Waals surface area contributed by atoms with E-state index < -0.39 is 122 Å². The Morgan fingerprint density at radius 1 is 0.745 bits per heavy atom. The zero-order valence-corrected chi connectivity index (χ0v) is 30.7. The molecule has 0 radical (unpaired) electrons. The Kier molecular flexibility index (Phi) is 15.2. The minimum absolute atomic E-state index is 0.0238. The van der Waals surface area contributed by atoms with Crippen LogP contribution in [0.25, 0.3) is 0 Å². The highest BCUT2D eigenvalue weighted by Crippen LogP contribution is 2.41. The molecule has 1 aliphatic carbocycles. The number of alkyl carbamates (subject to hydrolysis) is 1. The summed E-state index contributed by atoms with van der Waals surface area (Å²) in [5, 5.41) is 2.52. The van der Waals surface area contributed by atoms with Crippen molar-refractivity contribution in [1.82, 2.24) is 5.32 Å². The number of nitrogens with two attached hydrogens (primary N) is 4. The van der Waals surface area contributed by atoms with Crippen LogP contribution in [0.1, 0.15) is 46.1 Å². The SMILES string of the molecule is CC(=O)OCC1OC(OC2C(N)CC(N)C(OC3OC(CNC(=O)OCc4ccccc4)CC(OC(C)=O)C3N)C2(F)F)C(OC(C)=O)C(N)C1OC(C)=O. The molecule has 2 heterocycles. The molecule has 0 spiro atoms. The number of benzene rings is 1. The normalized spacial score (nSPS) is 34.4. The highest BCUT2D eigenvalue weighted by molar-refractivity contribution is 5.68. The Morgan fingerprint density at radius 2 is 1.33 bits per heavy atom. The van der Waals surface area contributed by atoms with Crippen molar-refractivity contribution in [2.45, 2.75) is 133 Å². The van der Waals surface area contributed by atoms with Gasteiger partial charge < -0.3 is 70.9 Å². The third-order valence-electron chi connectivity index (χ3n) is 8.97. The zero-order chi connectivity index (χ0) is 40.6. The first-order valence-electron chi connectivity index (χ1n) is 17.5. The average Bonchev–Trinajstić information content (AvgIpc) is 3.10. The van der Waals surface area contributed by atoms with E-state index >= 15 is 8.78 Å². The second-order valence-corrected chi connectivity index (χ2v) is 13.5. The number of rotatable bonds is 13. The fraction of sp³-hybridized carbons (Fsp3) is 0.676. The van der Waals surface area contributed by atoms with E-state index in [1.54, 1.807) is 30.3 Å². The van der Waals surface area contributed by atoms with Crippen LogP contribution < -0.4 is 28.3 Å². The zero-order valence-electron chi connectivity index (χ0n) is 30.7. The molecule has 3 fully saturated rings. The van der Waals surface area contributed by atoms with E-state index in [0.29, 0.717) is 0 Å². The number of hydrogen-bond acceptors (Lipinski definition) is 18. The molecule has 0 bridgehead atoms. The number of ether oxygens (including phenoxy) is 9. The summed E-state index contributed by atoms with van der Waals surface area (Å²) < 4.78 is 82.7. The maximum atomic E-state index is 16.6. The van der Waals surface area contributed by atoms with Crippen molar-refractivity contribution in [3.63, 3.8) is 0 Å². The van der Waals surface area contributed by atoms with E-state index in [1.165, 1.54) is 0 Å². The first-order chi connectivity index (χ1) is 25.9. The topological polar surface area (TPSA) is 285 Å². The summed E-state index contributed by atoms with van der Waals surface area (Å²) in [4.78, 5) is 60.0. The van der Waals surface area contributed by atoms with Crippen molar-refractivity contribution >= 4 is 30.0 Å². The monoisotopic (exact) mass is 789 g/mol. The minimum atomic E-state index is -4.05. The van der Waals surface area contributed by atoms with E-state index in [4.69, 9.17) is 65.6 Å². The molecule has 1 amide bonds. The lowest BCUT2D eigenvalue weighted by molar-refractivity contribution is -0.344. The third kappa shape index (κ3) is 11.7. The van der Waals surface area contributed by atoms with Gasteiger partial charge in [-0.2, -0.15) is 0 Å². The molecule has 19 nitrogen and oxygen atoms in total. The van der Waals surface area contributed by atoms with Crippen molar-refractivity contribution in [3.8, 4) is 0 Å². The first-order valence-corrected chi connectivity index (χ1v) is 17.5. The molecule has 21 heteroatoms. The van der Waals surface area contributed by atoms with Crippen molar-refractivity contribution in [3.05, 3.63) is 35.9 Å². The summed E-state index contributed by atoms with van der Waals surface area (Å²) >= 11 is 0. The van der Waals surface area contributed by atoms with E-state index in [9.17, 15) is 24.0 Å². The standard InChI is InChI=1S/C34H49F2N5O14/c1-15(42)47-14-24-27(50-17(3)44)26(40)28(51-18(4)45)32(53-24)55-30-22(38)11-21(37)29(34(30,35)36)54-31-25(39)23(49-16(2)43)10-20(52-31)12-41-33(46)48-13-19-8-6-5-7-9-19/h5-9,20-32H,10-14,37-40H2,1-4H3,(H,41,46). The van der Waals surface area contributed by atoms with Gasteiger partial charge in [-0.3, -0.25) is 19.2 Å². The number of amides is 1. The molecule has 9 N–H and O–H groups in total. The summed E-state index contributed by atoms with van der Waals surface area (Å²) in [7, 11) is 0. The Hall–Kier alpha value is -4.09. The highest BCUT2D eigenvalue weighted by atomic mass is 19.3. The van der Waals surface area contributed by atoms with Crippen LogP contribution in [0.2, 0.25) is 0 Å². The number of alkyl halides is 2. The van der Waals surface area contributed by atoms with Crippen LogP contribution in [0.3, 0.4) is 0 Å². The molecule has 13 atom stereocenters. The summed E-state index contributed by atoms with van der Waals surface area (Å²) in [6.45, 7) is 3.55. The number of carbonyl (C=O) groups excluding carboxylic acids is 5. The number of hydrogen-bond donors (Lipinski definition) is 5. The van der Waals surface area contributed by atoms with E-state index in [2.05, 4.69) is 5.32 Å². The van der Waals surface area contributed by atoms with Gasteiger partial charge in [-0.15, -0.1) is 0 Å². The van der Waals surface area contributed by atoms with Gasteiger partial charge in [0.2, 0.25) is 0 Å². The van der Waals surface area contributed by atoms with Crippen LogP contribution in [-0.2, 0) is 68.4 Å². The Labute approximate surface area is 315 Å². The largest absolute Gasteiger partial charge is 0.463 e. The first kappa shape index (κ1) is 43.6. The summed E-state index contributed by atoms with van der Waals surface area (Å²) in [5.74, 6) is -7.22. The van der Waals surface area contributed by atoms with E-state index in [1.807, 2.05) is 0 Å². The summed E-state index contributed by atoms with van der Waals surface area (Å²) in [5.41, 5.74) is 25.8. The van der Waals surface area contributed by atoms with Crippen LogP contribution in [0.4, 0.5) is 13.6 Å². The molecule has 3 aliphatic rings. The quantitative estimate of drug-likeness (QED) is 0.121. The van der Waals surface area contributed by atoms with Gasteiger partial charge >= 0.3 is 35.9 Å². The highest BCUT2D eigenvalue weighted by Gasteiger charge is 2.61. The third-order valence-corrected chi connectivity index (χ3v) is 8.97. The predicted octanol–water partition coefficient (Wildman–Crippen LogP) is -0.770. The average molecular weight is 790 g/mol. The Balaban J connectivity index is 1.53. The second kappa shape index (κ2) is 19.2. The fourth-order valence-corrected chi connectivity index (χ4v) is 6.52. The summed E-state index contributed by atoms with van der Waals surface area (Å²) in [6.07, 6.45) is -15.5. The van der Waals surface area contributed by atoms with Crippen LogP contribution in [0.5, 0.6) is 0 Å². The maximum Gasteiger partial charge on any atom is 0.407 e. The molecule has 1 aromatic carbocycles. The van der Waals surface area contributed by atoms with Gasteiger partial charge in [0.25, 0.3) is 0 Å². The van der Waals surface area contributed by atoms with E-state index in [0.717, 1.165) is 33.3 Å². The van der Waals surface area contributed by atoms with Crippen molar-refractivity contribution < 1.29 is 75.4 Å².